The number of aliphatic hydroxyl groups excluding tert-OH is 1. The van der Waals surface area contributed by atoms with Gasteiger partial charge in [0.05, 0.1) is 6.10 Å². The first kappa shape index (κ1) is 9.06. The van der Waals surface area contributed by atoms with Gasteiger partial charge >= 0.3 is 0 Å². The van der Waals surface area contributed by atoms with E-state index in [-0.39, 0.29) is 5.56 Å². The Hall–Kier alpha value is -1.03. The van der Waals surface area contributed by atoms with E-state index in [0.29, 0.717) is 6.07 Å². The third-order valence-electron chi connectivity index (χ3n) is 1.47. The molecule has 0 aromatic heterocycles. The van der Waals surface area contributed by atoms with Crippen LogP contribution in [0, 0.1) is 17.5 Å². The topological polar surface area (TPSA) is 20.2 Å². The summed E-state index contributed by atoms with van der Waals surface area (Å²) in [6, 6.07) is 1.20. The van der Waals surface area contributed by atoms with Crippen LogP contribution in [0.3, 0.4) is 0 Å². The summed E-state index contributed by atoms with van der Waals surface area (Å²) in [6.07, 6.45) is -1.21. The van der Waals surface area contributed by atoms with Crippen molar-refractivity contribution in [2.24, 2.45) is 0 Å². The van der Waals surface area contributed by atoms with Gasteiger partial charge in [-0.25, -0.2) is 13.2 Å². The average molecular weight is 176 g/mol. The minimum atomic E-state index is -1.29. The van der Waals surface area contributed by atoms with Gasteiger partial charge in [-0.3, -0.25) is 0 Å². The first-order valence-electron chi connectivity index (χ1n) is 3.35. The maximum Gasteiger partial charge on any atom is 0.164 e. The molecule has 0 amide bonds. The molecule has 0 bridgehead atoms. The first-order chi connectivity index (χ1) is 5.52. The lowest BCUT2D eigenvalue weighted by Crippen LogP contribution is -1.99. The highest BCUT2D eigenvalue weighted by Gasteiger charge is 2.14. The van der Waals surface area contributed by atoms with E-state index in [9.17, 15) is 13.2 Å². The van der Waals surface area contributed by atoms with Gasteiger partial charge in [-0.15, -0.1) is 0 Å². The third-order valence-corrected chi connectivity index (χ3v) is 1.47. The van der Waals surface area contributed by atoms with Crippen LogP contribution in [0.4, 0.5) is 13.2 Å². The normalized spacial score (nSPS) is 13.1. The molecule has 1 unspecified atom stereocenters. The highest BCUT2D eigenvalue weighted by molar-refractivity contribution is 5.21. The number of aliphatic hydroxyl groups is 1. The minimum Gasteiger partial charge on any atom is -0.389 e. The Morgan fingerprint density at radius 2 is 1.83 bits per heavy atom. The van der Waals surface area contributed by atoms with Crippen LogP contribution < -0.4 is 0 Å². The van der Waals surface area contributed by atoms with E-state index in [1.165, 1.54) is 6.92 Å². The fourth-order valence-corrected chi connectivity index (χ4v) is 0.880. The van der Waals surface area contributed by atoms with Crippen molar-refractivity contribution in [1.82, 2.24) is 0 Å². The second kappa shape index (κ2) is 3.15. The fourth-order valence-electron chi connectivity index (χ4n) is 0.880. The molecular formula is C8H7F3O. The maximum atomic E-state index is 12.7. The van der Waals surface area contributed by atoms with E-state index >= 15 is 0 Å². The molecule has 4 heteroatoms. The van der Waals surface area contributed by atoms with Crippen molar-refractivity contribution in [1.29, 1.82) is 0 Å². The molecule has 0 aliphatic rings. The Morgan fingerprint density at radius 3 is 2.33 bits per heavy atom. The van der Waals surface area contributed by atoms with Crippen molar-refractivity contribution < 1.29 is 18.3 Å². The summed E-state index contributed by atoms with van der Waals surface area (Å²) in [7, 11) is 0. The molecule has 1 rings (SSSR count). The standard InChI is InChI=1S/C8H7F3O/c1-4(12)6-2-5(9)3-7(10)8(6)11/h2-4,12H,1H3. The zero-order valence-corrected chi connectivity index (χ0v) is 6.31. The van der Waals surface area contributed by atoms with E-state index in [2.05, 4.69) is 0 Å². The average Bonchev–Trinajstić information content (AvgIpc) is 1.96. The molecule has 1 aromatic rings. The molecule has 0 saturated heterocycles. The Labute approximate surface area is 67.5 Å². The number of hydrogen-bond donors (Lipinski definition) is 1. The van der Waals surface area contributed by atoms with Crippen LogP contribution >= 0.6 is 0 Å². The zero-order chi connectivity index (χ0) is 9.30. The zero-order valence-electron chi connectivity index (χ0n) is 6.31. The van der Waals surface area contributed by atoms with Gasteiger partial charge in [0.15, 0.2) is 11.6 Å². The fraction of sp³-hybridized carbons (Fsp3) is 0.250. The predicted octanol–water partition coefficient (Wildman–Crippen LogP) is 2.16. The van der Waals surface area contributed by atoms with Gasteiger partial charge in [0.1, 0.15) is 5.82 Å². The number of rotatable bonds is 1. The van der Waals surface area contributed by atoms with Gasteiger partial charge in [-0.05, 0) is 13.0 Å². The second-order valence-electron chi connectivity index (χ2n) is 2.47. The molecule has 12 heavy (non-hydrogen) atoms. The van der Waals surface area contributed by atoms with Gasteiger partial charge in [-0.1, -0.05) is 0 Å². The molecule has 66 valence electrons. The summed E-state index contributed by atoms with van der Waals surface area (Å²) in [5.41, 5.74) is -0.368. The van der Waals surface area contributed by atoms with Gasteiger partial charge in [0.25, 0.3) is 0 Å². The van der Waals surface area contributed by atoms with Crippen molar-refractivity contribution in [3.8, 4) is 0 Å². The number of benzene rings is 1. The van der Waals surface area contributed by atoms with Crippen molar-refractivity contribution in [3.05, 3.63) is 35.1 Å². The van der Waals surface area contributed by atoms with Gasteiger partial charge in [0.2, 0.25) is 0 Å². The summed E-state index contributed by atoms with van der Waals surface area (Å²) in [4.78, 5) is 0. The molecule has 1 atom stereocenters. The molecule has 1 aromatic carbocycles. The lowest BCUT2D eigenvalue weighted by molar-refractivity contribution is 0.192. The molecule has 1 nitrogen and oxygen atoms in total. The molecule has 0 saturated carbocycles. The van der Waals surface area contributed by atoms with E-state index in [1.807, 2.05) is 0 Å². The van der Waals surface area contributed by atoms with Crippen LogP contribution in [-0.2, 0) is 0 Å². The molecule has 0 fully saturated rings. The Morgan fingerprint density at radius 1 is 1.25 bits per heavy atom. The Bertz CT molecular complexity index is 297. The summed E-state index contributed by atoms with van der Waals surface area (Å²) < 4.78 is 37.7. The Kier molecular flexibility index (Phi) is 2.38. The minimum absolute atomic E-state index is 0.368. The van der Waals surface area contributed by atoms with Crippen LogP contribution in [0.1, 0.15) is 18.6 Å². The smallest absolute Gasteiger partial charge is 0.164 e. The summed E-state index contributed by atoms with van der Waals surface area (Å²) in [5.74, 6) is -3.39. The van der Waals surface area contributed by atoms with Crippen molar-refractivity contribution in [2.75, 3.05) is 0 Å². The first-order valence-corrected chi connectivity index (χ1v) is 3.35. The summed E-state index contributed by atoms with van der Waals surface area (Å²) in [5, 5.41) is 8.88. The summed E-state index contributed by atoms with van der Waals surface area (Å²) in [6.45, 7) is 1.23. The lowest BCUT2D eigenvalue weighted by atomic mass is 10.1. The monoisotopic (exact) mass is 176 g/mol. The molecule has 0 aliphatic carbocycles. The summed E-state index contributed by atoms with van der Waals surface area (Å²) >= 11 is 0. The van der Waals surface area contributed by atoms with Crippen LogP contribution in [0.25, 0.3) is 0 Å². The molecule has 1 N–H and O–H groups in total. The highest BCUT2D eigenvalue weighted by atomic mass is 19.2. The van der Waals surface area contributed by atoms with E-state index in [4.69, 9.17) is 5.11 Å². The molecule has 0 aliphatic heterocycles. The molecule has 0 radical (unpaired) electrons. The van der Waals surface area contributed by atoms with Gasteiger partial charge < -0.3 is 5.11 Å². The molecule has 0 heterocycles. The van der Waals surface area contributed by atoms with E-state index in [1.54, 1.807) is 0 Å². The largest absolute Gasteiger partial charge is 0.389 e. The second-order valence-corrected chi connectivity index (χ2v) is 2.47. The third kappa shape index (κ3) is 1.58. The van der Waals surface area contributed by atoms with Gasteiger partial charge in [-0.2, -0.15) is 0 Å². The SMILES string of the molecule is CC(O)c1cc(F)cc(F)c1F. The molecular weight excluding hydrogens is 169 g/mol. The predicted molar refractivity (Wildman–Crippen MR) is 36.9 cm³/mol. The van der Waals surface area contributed by atoms with Gasteiger partial charge in [0, 0.05) is 11.6 Å². The highest BCUT2D eigenvalue weighted by Crippen LogP contribution is 2.20. The van der Waals surface area contributed by atoms with Crippen LogP contribution in [-0.4, -0.2) is 5.11 Å². The molecule has 0 spiro atoms. The lowest BCUT2D eigenvalue weighted by Gasteiger charge is -2.06. The van der Waals surface area contributed by atoms with Crippen LogP contribution in [0.5, 0.6) is 0 Å². The maximum absolute atomic E-state index is 12.7. The van der Waals surface area contributed by atoms with E-state index < -0.39 is 23.6 Å². The van der Waals surface area contributed by atoms with Crippen molar-refractivity contribution in [3.63, 3.8) is 0 Å². The van der Waals surface area contributed by atoms with Crippen molar-refractivity contribution >= 4 is 0 Å². The van der Waals surface area contributed by atoms with E-state index in [0.717, 1.165) is 6.07 Å². The number of halogens is 3. The quantitative estimate of drug-likeness (QED) is 0.650. The Balaban J connectivity index is 3.28. The number of hydrogen-bond acceptors (Lipinski definition) is 1. The van der Waals surface area contributed by atoms with Crippen LogP contribution in [0.15, 0.2) is 12.1 Å². The van der Waals surface area contributed by atoms with Crippen LogP contribution in [0.2, 0.25) is 0 Å². The van der Waals surface area contributed by atoms with Crippen molar-refractivity contribution in [2.45, 2.75) is 13.0 Å².